The van der Waals surface area contributed by atoms with Crippen LogP contribution in [0.1, 0.15) is 65.2 Å². The van der Waals surface area contributed by atoms with Gasteiger partial charge in [-0.05, 0) is 66.3 Å². The first-order valence-electron chi connectivity index (χ1n) is 9.19. The fourth-order valence-corrected chi connectivity index (χ4v) is 3.55. The van der Waals surface area contributed by atoms with E-state index in [1.54, 1.807) is 0 Å². The van der Waals surface area contributed by atoms with E-state index in [4.69, 9.17) is 0 Å². The molecule has 0 heterocycles. The quantitative estimate of drug-likeness (QED) is 0.667. The molecule has 1 rings (SSSR count). The van der Waals surface area contributed by atoms with Gasteiger partial charge in [-0.15, -0.1) is 0 Å². The van der Waals surface area contributed by atoms with Crippen LogP contribution in [0, 0.1) is 0 Å². The topological polar surface area (TPSA) is 18.5 Å². The van der Waals surface area contributed by atoms with Crippen molar-refractivity contribution < 1.29 is 0 Å². The molecule has 0 aromatic carbocycles. The van der Waals surface area contributed by atoms with E-state index in [1.165, 1.54) is 64.5 Å². The summed E-state index contributed by atoms with van der Waals surface area (Å²) in [5.41, 5.74) is 0. The summed E-state index contributed by atoms with van der Waals surface area (Å²) in [6.07, 6.45) is 10.7. The van der Waals surface area contributed by atoms with Crippen molar-refractivity contribution in [2.75, 3.05) is 34.2 Å². The molecule has 0 radical (unpaired) electrons. The van der Waals surface area contributed by atoms with Crippen LogP contribution in [0.2, 0.25) is 0 Å². The molecule has 0 bridgehead atoms. The molecule has 1 fully saturated rings. The van der Waals surface area contributed by atoms with Gasteiger partial charge in [0.25, 0.3) is 0 Å². The molecule has 1 N–H and O–H groups in total. The minimum Gasteiger partial charge on any atom is -0.310 e. The molecule has 0 amide bonds. The zero-order chi connectivity index (χ0) is 15.7. The van der Waals surface area contributed by atoms with Crippen molar-refractivity contribution in [2.45, 2.75) is 83.3 Å². The summed E-state index contributed by atoms with van der Waals surface area (Å²) >= 11 is 0. The highest BCUT2D eigenvalue weighted by Crippen LogP contribution is 2.22. The Morgan fingerprint density at radius 2 is 1.76 bits per heavy atom. The van der Waals surface area contributed by atoms with Crippen molar-refractivity contribution in [3.05, 3.63) is 0 Å². The van der Waals surface area contributed by atoms with E-state index in [1.807, 2.05) is 0 Å². The smallest absolute Gasteiger partial charge is 0.0243 e. The monoisotopic (exact) mass is 297 g/mol. The normalized spacial score (nSPS) is 24.7. The predicted octanol–water partition coefficient (Wildman–Crippen LogP) is 3.35. The van der Waals surface area contributed by atoms with Crippen LogP contribution >= 0.6 is 0 Å². The Morgan fingerprint density at radius 1 is 1.05 bits per heavy atom. The Hall–Kier alpha value is -0.120. The average Bonchev–Trinajstić information content (AvgIpc) is 2.49. The maximum Gasteiger partial charge on any atom is 0.0243 e. The molecule has 0 aromatic rings. The molecule has 126 valence electrons. The molecule has 21 heavy (non-hydrogen) atoms. The van der Waals surface area contributed by atoms with Crippen molar-refractivity contribution in [1.82, 2.24) is 15.1 Å². The molecule has 1 saturated carbocycles. The third kappa shape index (κ3) is 7.12. The summed E-state index contributed by atoms with van der Waals surface area (Å²) in [5, 5.41) is 3.98. The summed E-state index contributed by atoms with van der Waals surface area (Å²) in [6, 6.07) is 2.10. The van der Waals surface area contributed by atoms with Gasteiger partial charge in [0.1, 0.15) is 0 Å². The molecule has 3 nitrogen and oxygen atoms in total. The lowest BCUT2D eigenvalue weighted by Crippen LogP contribution is -2.52. The SMILES string of the molecule is CCCCN(C)CCC(CC)NC1CCCCC1N(C)C. The van der Waals surface area contributed by atoms with Crippen molar-refractivity contribution in [1.29, 1.82) is 0 Å². The minimum atomic E-state index is 0.680. The molecular formula is C18H39N3. The fraction of sp³-hybridized carbons (Fsp3) is 1.00. The van der Waals surface area contributed by atoms with Crippen molar-refractivity contribution in [2.24, 2.45) is 0 Å². The zero-order valence-electron chi connectivity index (χ0n) is 15.2. The molecule has 0 saturated heterocycles. The van der Waals surface area contributed by atoms with Crippen molar-refractivity contribution in [3.63, 3.8) is 0 Å². The molecule has 0 aliphatic heterocycles. The van der Waals surface area contributed by atoms with Gasteiger partial charge in [0, 0.05) is 18.1 Å². The third-order valence-corrected chi connectivity index (χ3v) is 5.09. The number of likely N-dealkylation sites (N-methyl/N-ethyl adjacent to an activating group) is 1. The maximum atomic E-state index is 3.98. The number of nitrogens with one attached hydrogen (secondary N) is 1. The predicted molar refractivity (Wildman–Crippen MR) is 94.0 cm³/mol. The van der Waals surface area contributed by atoms with E-state index < -0.39 is 0 Å². The van der Waals surface area contributed by atoms with Gasteiger partial charge in [0.05, 0.1) is 0 Å². The van der Waals surface area contributed by atoms with Gasteiger partial charge in [-0.1, -0.05) is 33.1 Å². The van der Waals surface area contributed by atoms with Gasteiger partial charge >= 0.3 is 0 Å². The molecule has 3 unspecified atom stereocenters. The zero-order valence-corrected chi connectivity index (χ0v) is 15.2. The second kappa shape index (κ2) is 10.6. The number of unbranched alkanes of at least 4 members (excludes halogenated alkanes) is 1. The summed E-state index contributed by atoms with van der Waals surface area (Å²) in [5.74, 6) is 0. The van der Waals surface area contributed by atoms with Crippen LogP contribution in [-0.2, 0) is 0 Å². The molecule has 1 aliphatic carbocycles. The lowest BCUT2D eigenvalue weighted by atomic mass is 9.88. The molecular weight excluding hydrogens is 258 g/mol. The van der Waals surface area contributed by atoms with E-state index >= 15 is 0 Å². The first-order valence-corrected chi connectivity index (χ1v) is 9.19. The Kier molecular flexibility index (Phi) is 9.54. The van der Waals surface area contributed by atoms with Gasteiger partial charge in [-0.2, -0.15) is 0 Å². The van der Waals surface area contributed by atoms with E-state index in [0.717, 1.165) is 6.04 Å². The number of rotatable bonds is 10. The fourth-order valence-electron chi connectivity index (χ4n) is 3.55. The Labute approximate surface area is 133 Å². The third-order valence-electron chi connectivity index (χ3n) is 5.09. The Balaban J connectivity index is 2.37. The van der Waals surface area contributed by atoms with Gasteiger partial charge in [0.2, 0.25) is 0 Å². The van der Waals surface area contributed by atoms with Gasteiger partial charge in [0.15, 0.2) is 0 Å². The maximum absolute atomic E-state index is 3.98. The molecule has 1 aliphatic rings. The highest BCUT2D eigenvalue weighted by Gasteiger charge is 2.27. The van der Waals surface area contributed by atoms with Crippen molar-refractivity contribution in [3.8, 4) is 0 Å². The largest absolute Gasteiger partial charge is 0.310 e. The van der Waals surface area contributed by atoms with Crippen LogP contribution in [-0.4, -0.2) is 62.2 Å². The lowest BCUT2D eigenvalue weighted by Gasteiger charge is -2.39. The summed E-state index contributed by atoms with van der Waals surface area (Å²) in [4.78, 5) is 4.93. The minimum absolute atomic E-state index is 0.680. The molecule has 0 aromatic heterocycles. The number of hydrogen-bond donors (Lipinski definition) is 1. The second-order valence-electron chi connectivity index (χ2n) is 7.14. The summed E-state index contributed by atoms with van der Waals surface area (Å²) < 4.78 is 0. The van der Waals surface area contributed by atoms with Crippen LogP contribution in [0.3, 0.4) is 0 Å². The van der Waals surface area contributed by atoms with Crippen LogP contribution in [0.25, 0.3) is 0 Å². The van der Waals surface area contributed by atoms with E-state index in [0.29, 0.717) is 12.1 Å². The Morgan fingerprint density at radius 3 is 2.38 bits per heavy atom. The van der Waals surface area contributed by atoms with E-state index in [-0.39, 0.29) is 0 Å². The van der Waals surface area contributed by atoms with E-state index in [2.05, 4.69) is 50.1 Å². The molecule has 3 atom stereocenters. The average molecular weight is 298 g/mol. The van der Waals surface area contributed by atoms with E-state index in [9.17, 15) is 0 Å². The second-order valence-corrected chi connectivity index (χ2v) is 7.14. The number of nitrogens with zero attached hydrogens (tertiary/aromatic N) is 2. The Bertz CT molecular complexity index is 255. The van der Waals surface area contributed by atoms with Crippen LogP contribution in [0.15, 0.2) is 0 Å². The van der Waals surface area contributed by atoms with Crippen LogP contribution < -0.4 is 5.32 Å². The first kappa shape index (κ1) is 18.9. The van der Waals surface area contributed by atoms with Gasteiger partial charge in [-0.25, -0.2) is 0 Å². The van der Waals surface area contributed by atoms with Gasteiger partial charge < -0.3 is 15.1 Å². The molecule has 0 spiro atoms. The standard InChI is InChI=1S/C18H39N3/c1-6-8-14-21(5)15-13-16(7-2)19-17-11-9-10-12-18(17)20(3)4/h16-19H,6-15H2,1-5H3. The van der Waals surface area contributed by atoms with Crippen LogP contribution in [0.5, 0.6) is 0 Å². The lowest BCUT2D eigenvalue weighted by molar-refractivity contribution is 0.161. The van der Waals surface area contributed by atoms with Gasteiger partial charge in [-0.3, -0.25) is 0 Å². The molecule has 3 heteroatoms. The highest BCUT2D eigenvalue weighted by atomic mass is 15.2. The number of hydrogen-bond acceptors (Lipinski definition) is 3. The summed E-state index contributed by atoms with van der Waals surface area (Å²) in [6.45, 7) is 7.08. The van der Waals surface area contributed by atoms with Crippen molar-refractivity contribution >= 4 is 0 Å². The first-order chi connectivity index (χ1) is 10.1. The summed E-state index contributed by atoms with van der Waals surface area (Å²) in [7, 11) is 6.75. The highest BCUT2D eigenvalue weighted by molar-refractivity contribution is 4.88. The van der Waals surface area contributed by atoms with Crippen LogP contribution in [0.4, 0.5) is 0 Å².